The number of amides is 5. The van der Waals surface area contributed by atoms with Crippen molar-refractivity contribution in [1.82, 2.24) is 15.5 Å². The number of benzene rings is 2. The van der Waals surface area contributed by atoms with E-state index in [0.717, 1.165) is 25.7 Å². The van der Waals surface area contributed by atoms with Gasteiger partial charge < -0.3 is 46.3 Å². The minimum Gasteiger partial charge on any atom is -0.483 e. The van der Waals surface area contributed by atoms with E-state index in [1.165, 1.54) is 75.6 Å². The lowest BCUT2D eigenvalue weighted by atomic mass is 9.88. The molecule has 67 heavy (non-hydrogen) atoms. The van der Waals surface area contributed by atoms with E-state index in [4.69, 9.17) is 25.7 Å². The van der Waals surface area contributed by atoms with Crippen LogP contribution in [0.2, 0.25) is 0 Å². The predicted octanol–water partition coefficient (Wildman–Crippen LogP) is 6.49. The molecule has 0 unspecified atom stereocenters. The van der Waals surface area contributed by atoms with E-state index < -0.39 is 90.6 Å². The highest BCUT2D eigenvalue weighted by Gasteiger charge is 2.36. The molecule has 370 valence electrons. The monoisotopic (exact) mass is 936 g/mol. The number of nitrogens with zero attached hydrogens (tertiary/aromatic N) is 1. The Morgan fingerprint density at radius 1 is 0.821 bits per heavy atom. The lowest BCUT2D eigenvalue weighted by Gasteiger charge is -2.32. The molecule has 4 bridgehead atoms. The molecule has 0 saturated carbocycles. The molecule has 0 spiro atoms. The average Bonchev–Trinajstić information content (AvgIpc) is 3.25. The number of carboxylic acid groups (broad SMARTS) is 1. The van der Waals surface area contributed by atoms with Crippen LogP contribution in [-0.4, -0.2) is 95.7 Å². The topological polar surface area (TPSA) is 264 Å². The van der Waals surface area contributed by atoms with Crippen LogP contribution in [0, 0.1) is 11.8 Å². The van der Waals surface area contributed by atoms with E-state index in [2.05, 4.69) is 17.6 Å². The molecular formula is C50H73N5O12. The number of likely N-dealkylation sites (N-methyl/N-ethyl adjacent to an activating group) is 1. The van der Waals surface area contributed by atoms with Gasteiger partial charge in [-0.2, -0.15) is 0 Å². The number of nitrogens with two attached hydrogens (primary N) is 2. The summed E-state index contributed by atoms with van der Waals surface area (Å²) in [4.78, 5) is 107. The molecule has 1 aliphatic rings. The number of aliphatic carboxylic acids is 1. The molecule has 3 rings (SSSR count). The molecule has 17 heteroatoms. The molecule has 2 aromatic rings. The zero-order valence-corrected chi connectivity index (χ0v) is 40.2. The number of fused-ring (bicyclic) bond motifs is 5. The molecule has 1 heterocycles. The number of Topliss-reactive ketones (excluding diaryl/α,β-unsaturated/α-hetero) is 2. The van der Waals surface area contributed by atoms with Gasteiger partial charge in [-0.1, -0.05) is 90.2 Å². The normalized spacial score (nSPS) is 16.7. The van der Waals surface area contributed by atoms with Crippen molar-refractivity contribution in [1.29, 1.82) is 0 Å². The molecule has 0 aliphatic carbocycles. The van der Waals surface area contributed by atoms with Gasteiger partial charge >= 0.3 is 12.1 Å². The Morgan fingerprint density at radius 2 is 1.37 bits per heavy atom. The van der Waals surface area contributed by atoms with Gasteiger partial charge in [-0.3, -0.25) is 28.8 Å². The van der Waals surface area contributed by atoms with Gasteiger partial charge in [0.25, 0.3) is 11.8 Å². The highest BCUT2D eigenvalue weighted by Crippen LogP contribution is 2.41. The maximum atomic E-state index is 14.8. The largest absolute Gasteiger partial charge is 0.483 e. The maximum absolute atomic E-state index is 14.8. The first-order valence-electron chi connectivity index (χ1n) is 23.6. The van der Waals surface area contributed by atoms with Crippen molar-refractivity contribution in [3.63, 3.8) is 0 Å². The maximum Gasteiger partial charge on any atom is 0.407 e. The first-order valence-corrected chi connectivity index (χ1v) is 23.6. The number of carbonyl (C=O) groups excluding carboxylic acids is 7. The van der Waals surface area contributed by atoms with Crippen LogP contribution >= 0.6 is 0 Å². The van der Waals surface area contributed by atoms with E-state index in [9.17, 15) is 43.5 Å². The SMILES string of the molecule is CCCCCCCCCCCCCC(=O)C[C@@H](CCNC(=O)OC(C)(C)C)C(=O)N(C)[C@@H]1C(=O)C[C@@H](C)C(=O)N[C@H](C(=O)O)Cc2ccc(OCC(N)=O)c(c2)-c2cc1ccc2OCC(N)=O. The Kier molecular flexibility index (Phi) is 22.8. The number of carboxylic acids is 1. The summed E-state index contributed by atoms with van der Waals surface area (Å²) >= 11 is 0. The third kappa shape index (κ3) is 19.4. The number of ketones is 2. The summed E-state index contributed by atoms with van der Waals surface area (Å²) in [5.41, 5.74) is 11.2. The molecule has 1 aliphatic heterocycles. The molecule has 4 atom stereocenters. The van der Waals surface area contributed by atoms with Crippen molar-refractivity contribution >= 4 is 47.3 Å². The Balaban J connectivity index is 2.06. The van der Waals surface area contributed by atoms with Crippen molar-refractivity contribution < 1.29 is 57.7 Å². The van der Waals surface area contributed by atoms with Crippen LogP contribution in [-0.2, 0) is 44.7 Å². The minimum atomic E-state index is -1.42. The van der Waals surface area contributed by atoms with Crippen molar-refractivity contribution in [3.8, 4) is 22.6 Å². The van der Waals surface area contributed by atoms with Gasteiger partial charge in [0, 0.05) is 62.2 Å². The Bertz CT molecular complexity index is 2030. The fraction of sp³-hybridized carbons (Fsp3) is 0.600. The first-order chi connectivity index (χ1) is 31.7. The van der Waals surface area contributed by atoms with E-state index in [0.29, 0.717) is 12.0 Å². The molecule has 7 N–H and O–H groups in total. The number of nitrogens with one attached hydrogen (secondary N) is 2. The molecule has 0 radical (unpaired) electrons. The lowest BCUT2D eigenvalue weighted by molar-refractivity contribution is -0.144. The Morgan fingerprint density at radius 3 is 1.93 bits per heavy atom. The molecule has 0 fully saturated rings. The van der Waals surface area contributed by atoms with Gasteiger partial charge in [0.15, 0.2) is 19.0 Å². The van der Waals surface area contributed by atoms with Crippen LogP contribution in [0.3, 0.4) is 0 Å². The predicted molar refractivity (Wildman–Crippen MR) is 252 cm³/mol. The number of hydrogen-bond donors (Lipinski definition) is 5. The van der Waals surface area contributed by atoms with Gasteiger partial charge in [-0.05, 0) is 69.0 Å². The van der Waals surface area contributed by atoms with E-state index in [1.54, 1.807) is 39.0 Å². The van der Waals surface area contributed by atoms with E-state index >= 15 is 0 Å². The zero-order chi connectivity index (χ0) is 49.7. The average molecular weight is 936 g/mol. The van der Waals surface area contributed by atoms with Crippen LogP contribution in [0.25, 0.3) is 11.1 Å². The van der Waals surface area contributed by atoms with Gasteiger partial charge in [0.05, 0.1) is 0 Å². The number of alkyl carbamates (subject to hydrolysis) is 1. The lowest BCUT2D eigenvalue weighted by Crippen LogP contribution is -2.46. The third-order valence-electron chi connectivity index (χ3n) is 11.5. The summed E-state index contributed by atoms with van der Waals surface area (Å²) in [6, 6.07) is 6.32. The Hall–Kier alpha value is -6.00. The van der Waals surface area contributed by atoms with Gasteiger partial charge in [0.1, 0.15) is 35.0 Å². The van der Waals surface area contributed by atoms with Crippen LogP contribution in [0.1, 0.15) is 148 Å². The van der Waals surface area contributed by atoms with Gasteiger partial charge in [0.2, 0.25) is 11.8 Å². The van der Waals surface area contributed by atoms with Crippen LogP contribution in [0.5, 0.6) is 11.5 Å². The smallest absolute Gasteiger partial charge is 0.407 e. The van der Waals surface area contributed by atoms with E-state index in [-0.39, 0.29) is 66.2 Å². The van der Waals surface area contributed by atoms with Crippen LogP contribution in [0.4, 0.5) is 4.79 Å². The number of unbranched alkanes of at least 4 members (excludes halogenated alkanes) is 10. The molecular weight excluding hydrogens is 863 g/mol. The highest BCUT2D eigenvalue weighted by atomic mass is 16.6. The molecule has 2 aromatic carbocycles. The number of hydrogen-bond acceptors (Lipinski definition) is 11. The summed E-state index contributed by atoms with van der Waals surface area (Å²) in [6.07, 6.45) is 11.0. The summed E-state index contributed by atoms with van der Waals surface area (Å²) in [5.74, 6) is -6.78. The summed E-state index contributed by atoms with van der Waals surface area (Å²) in [7, 11) is 1.42. The standard InChI is InChI=1S/C50H73N5O12/c1-7-8-9-10-11-12-13-14-15-16-17-18-36(56)28-35(23-24-53-49(64)67-50(3,4)5)47(61)55(6)45-34-20-22-42(66-31-44(52)59)38(29-34)37-26-33(19-21-41(37)65-30-43(51)58)27-39(48(62)63)54-46(60)32(2)25-40(45)57/h19-22,26,29,32,35,39,45H,7-18,23-25,27-28,30-31H2,1-6H3,(H2,51,58)(H2,52,59)(H,53,64)(H,54,60)(H,62,63)/t32-,35-,39+,45+/m1/s1. The molecule has 0 aromatic heterocycles. The van der Waals surface area contributed by atoms with Crippen LogP contribution in [0.15, 0.2) is 36.4 Å². The van der Waals surface area contributed by atoms with Crippen molar-refractivity contribution in [2.45, 2.75) is 155 Å². The van der Waals surface area contributed by atoms with E-state index in [1.807, 2.05) is 0 Å². The fourth-order valence-electron chi connectivity index (χ4n) is 8.03. The number of primary amides is 2. The first kappa shape index (κ1) is 55.3. The summed E-state index contributed by atoms with van der Waals surface area (Å²) in [5, 5.41) is 15.3. The van der Waals surface area contributed by atoms with Gasteiger partial charge in [-0.25, -0.2) is 9.59 Å². The fourth-order valence-corrected chi connectivity index (χ4v) is 8.03. The van der Waals surface area contributed by atoms with Crippen molar-refractivity contribution in [2.75, 3.05) is 26.8 Å². The number of rotatable bonds is 26. The minimum absolute atomic E-state index is 0.0219. The third-order valence-corrected chi connectivity index (χ3v) is 11.5. The molecule has 17 nitrogen and oxygen atoms in total. The second-order valence-corrected chi connectivity index (χ2v) is 18.6. The second kappa shape index (κ2) is 27.6. The zero-order valence-electron chi connectivity index (χ0n) is 40.2. The van der Waals surface area contributed by atoms with Gasteiger partial charge in [-0.15, -0.1) is 0 Å². The number of ether oxygens (including phenoxy) is 3. The summed E-state index contributed by atoms with van der Waals surface area (Å²) < 4.78 is 17.0. The number of carbonyl (C=O) groups is 8. The molecule has 0 saturated heterocycles. The van der Waals surface area contributed by atoms with Crippen molar-refractivity contribution in [3.05, 3.63) is 47.5 Å². The summed E-state index contributed by atoms with van der Waals surface area (Å²) in [6.45, 7) is 7.70. The highest BCUT2D eigenvalue weighted by molar-refractivity contribution is 5.96. The second-order valence-electron chi connectivity index (χ2n) is 18.6. The van der Waals surface area contributed by atoms with Crippen molar-refractivity contribution in [2.24, 2.45) is 23.3 Å². The Labute approximate surface area is 394 Å². The molecule has 5 amide bonds. The quantitative estimate of drug-likeness (QED) is 0.0634. The van der Waals surface area contributed by atoms with Crippen LogP contribution < -0.4 is 31.6 Å².